The molecule has 3 N–H and O–H groups in total. The molecule has 0 spiro atoms. The van der Waals surface area contributed by atoms with Crippen molar-refractivity contribution in [2.75, 3.05) is 0 Å². The quantitative estimate of drug-likeness (QED) is 0.841. The maximum atomic E-state index is 12.0. The highest BCUT2D eigenvalue weighted by molar-refractivity contribution is 7.80. The van der Waals surface area contributed by atoms with Crippen LogP contribution in [0.1, 0.15) is 35.4 Å². The fourth-order valence-electron chi connectivity index (χ4n) is 2.13. The lowest BCUT2D eigenvalue weighted by atomic mass is 9.97. The molecule has 1 aliphatic rings. The Labute approximate surface area is 114 Å². The number of rotatable bonds is 3. The minimum atomic E-state index is -0.497. The van der Waals surface area contributed by atoms with Crippen molar-refractivity contribution in [2.45, 2.75) is 31.2 Å². The first kappa shape index (κ1) is 12.8. The maximum absolute atomic E-state index is 12.0. The predicted octanol–water partition coefficient (Wildman–Crippen LogP) is 2.73. The fourth-order valence-corrected chi connectivity index (χ4v) is 3.32. The third-order valence-corrected chi connectivity index (χ3v) is 4.70. The number of hydrogen-bond donors (Lipinski definition) is 2. The van der Waals surface area contributed by atoms with Crippen LogP contribution in [-0.2, 0) is 0 Å². The summed E-state index contributed by atoms with van der Waals surface area (Å²) in [5.74, 6) is -0.142. The Kier molecular flexibility index (Phi) is 3.70. The first-order chi connectivity index (χ1) is 8.03. The average Bonchev–Trinajstić information content (AvgIpc) is 2.87. The topological polar surface area (TPSA) is 55.1 Å². The summed E-state index contributed by atoms with van der Waals surface area (Å²) in [5, 5.41) is 2.97. The number of carbonyl (C=O) groups is 1. The van der Waals surface area contributed by atoms with Crippen molar-refractivity contribution in [1.82, 2.24) is 5.32 Å². The Morgan fingerprint density at radius 1 is 1.47 bits per heavy atom. The zero-order valence-electron chi connectivity index (χ0n) is 9.16. The Balaban J connectivity index is 2.14. The third kappa shape index (κ3) is 2.61. The van der Waals surface area contributed by atoms with Gasteiger partial charge in [0, 0.05) is 0 Å². The normalized spacial score (nSPS) is 17.9. The number of thiocarbonyl (C=S) groups is 1. The standard InChI is InChI=1S/C11H13ClN2OS2/c12-8-4-3-7(17-8)9(15)14-11(10(13)16)5-1-2-6-11/h3-4H,1-2,5-6H2,(H2,13,16)(H,14,15). The molecule has 1 aromatic rings. The van der Waals surface area contributed by atoms with Crippen molar-refractivity contribution in [2.24, 2.45) is 5.73 Å². The van der Waals surface area contributed by atoms with Crippen LogP contribution in [0.2, 0.25) is 4.34 Å². The summed E-state index contributed by atoms with van der Waals surface area (Å²) in [7, 11) is 0. The van der Waals surface area contributed by atoms with Gasteiger partial charge in [-0.1, -0.05) is 36.7 Å². The summed E-state index contributed by atoms with van der Waals surface area (Å²) in [6, 6.07) is 3.42. The Morgan fingerprint density at radius 2 is 2.12 bits per heavy atom. The highest BCUT2D eigenvalue weighted by Crippen LogP contribution is 2.31. The molecule has 0 aromatic carbocycles. The Bertz CT molecular complexity index is 452. The van der Waals surface area contributed by atoms with E-state index in [1.54, 1.807) is 12.1 Å². The van der Waals surface area contributed by atoms with Crippen LogP contribution in [-0.4, -0.2) is 16.4 Å². The van der Waals surface area contributed by atoms with Crippen molar-refractivity contribution < 1.29 is 4.79 Å². The number of nitrogens with one attached hydrogen (secondary N) is 1. The van der Waals surface area contributed by atoms with Crippen LogP contribution >= 0.6 is 35.2 Å². The summed E-state index contributed by atoms with van der Waals surface area (Å²) in [6.07, 6.45) is 3.74. The molecule has 0 saturated heterocycles. The van der Waals surface area contributed by atoms with Crippen LogP contribution in [0.3, 0.4) is 0 Å². The van der Waals surface area contributed by atoms with E-state index in [1.807, 2.05) is 0 Å². The Morgan fingerprint density at radius 3 is 2.59 bits per heavy atom. The van der Waals surface area contributed by atoms with Crippen molar-refractivity contribution in [3.63, 3.8) is 0 Å². The fraction of sp³-hybridized carbons (Fsp3) is 0.455. The van der Waals surface area contributed by atoms with E-state index in [0.29, 0.717) is 14.2 Å². The molecule has 0 radical (unpaired) electrons. The van der Waals surface area contributed by atoms with Crippen LogP contribution in [0, 0.1) is 0 Å². The van der Waals surface area contributed by atoms with Crippen LogP contribution < -0.4 is 11.1 Å². The van der Waals surface area contributed by atoms with Crippen molar-refractivity contribution >= 4 is 46.1 Å². The number of carbonyl (C=O) groups excluding carboxylic acids is 1. The van der Waals surface area contributed by atoms with E-state index < -0.39 is 5.54 Å². The molecule has 1 saturated carbocycles. The van der Waals surface area contributed by atoms with Crippen LogP contribution in [0.15, 0.2) is 12.1 Å². The lowest BCUT2D eigenvalue weighted by Gasteiger charge is -2.28. The highest BCUT2D eigenvalue weighted by Gasteiger charge is 2.38. The number of thiophene rings is 1. The van der Waals surface area contributed by atoms with Gasteiger partial charge in [-0.05, 0) is 25.0 Å². The monoisotopic (exact) mass is 288 g/mol. The molecule has 0 aliphatic heterocycles. The molecule has 0 bridgehead atoms. The molecule has 0 unspecified atom stereocenters. The number of hydrogen-bond acceptors (Lipinski definition) is 3. The maximum Gasteiger partial charge on any atom is 0.262 e. The van der Waals surface area contributed by atoms with Gasteiger partial charge >= 0.3 is 0 Å². The van der Waals surface area contributed by atoms with E-state index in [2.05, 4.69) is 5.32 Å². The minimum Gasteiger partial charge on any atom is -0.391 e. The molecule has 1 aromatic heterocycles. The second kappa shape index (κ2) is 4.92. The second-order valence-electron chi connectivity index (χ2n) is 4.21. The zero-order valence-corrected chi connectivity index (χ0v) is 11.6. The highest BCUT2D eigenvalue weighted by atomic mass is 35.5. The summed E-state index contributed by atoms with van der Waals surface area (Å²) >= 11 is 12.1. The largest absolute Gasteiger partial charge is 0.391 e. The van der Waals surface area contributed by atoms with Gasteiger partial charge in [-0.2, -0.15) is 0 Å². The van der Waals surface area contributed by atoms with Gasteiger partial charge in [-0.25, -0.2) is 0 Å². The smallest absolute Gasteiger partial charge is 0.262 e. The van der Waals surface area contributed by atoms with Gasteiger partial charge in [0.15, 0.2) is 0 Å². The molecule has 1 amide bonds. The lowest BCUT2D eigenvalue weighted by molar-refractivity contribution is 0.0928. The molecule has 0 atom stereocenters. The summed E-state index contributed by atoms with van der Waals surface area (Å²) < 4.78 is 0.603. The van der Waals surface area contributed by atoms with Gasteiger partial charge in [0.25, 0.3) is 5.91 Å². The minimum absolute atomic E-state index is 0.142. The summed E-state index contributed by atoms with van der Waals surface area (Å²) in [4.78, 5) is 13.0. The van der Waals surface area contributed by atoms with Crippen LogP contribution in [0.5, 0.6) is 0 Å². The molecule has 1 heterocycles. The van der Waals surface area contributed by atoms with E-state index in [0.717, 1.165) is 25.7 Å². The van der Waals surface area contributed by atoms with Crippen LogP contribution in [0.25, 0.3) is 0 Å². The number of halogens is 1. The zero-order chi connectivity index (χ0) is 12.5. The van der Waals surface area contributed by atoms with E-state index in [4.69, 9.17) is 29.6 Å². The van der Waals surface area contributed by atoms with Crippen molar-refractivity contribution in [1.29, 1.82) is 0 Å². The molecule has 6 heteroatoms. The molecule has 1 aliphatic carbocycles. The van der Waals surface area contributed by atoms with Crippen molar-refractivity contribution in [3.8, 4) is 0 Å². The van der Waals surface area contributed by atoms with Gasteiger partial charge in [-0.15, -0.1) is 11.3 Å². The van der Waals surface area contributed by atoms with Gasteiger partial charge < -0.3 is 11.1 Å². The van der Waals surface area contributed by atoms with Gasteiger partial charge in [0.05, 0.1) is 19.7 Å². The van der Waals surface area contributed by atoms with Gasteiger partial charge in [0.1, 0.15) is 0 Å². The lowest BCUT2D eigenvalue weighted by Crippen LogP contribution is -2.54. The third-order valence-electron chi connectivity index (χ3n) is 3.08. The molecule has 92 valence electrons. The first-order valence-electron chi connectivity index (χ1n) is 5.41. The molecular formula is C11H13ClN2OS2. The molecule has 17 heavy (non-hydrogen) atoms. The second-order valence-corrected chi connectivity index (χ2v) is 6.37. The number of nitrogens with two attached hydrogens (primary N) is 1. The van der Waals surface area contributed by atoms with E-state index in [-0.39, 0.29) is 5.91 Å². The van der Waals surface area contributed by atoms with Crippen molar-refractivity contribution in [3.05, 3.63) is 21.3 Å². The SMILES string of the molecule is NC(=S)C1(NC(=O)c2ccc(Cl)s2)CCCC1. The number of amides is 1. The molecule has 2 rings (SSSR count). The molecule has 3 nitrogen and oxygen atoms in total. The summed E-state index contributed by atoms with van der Waals surface area (Å²) in [5.41, 5.74) is 5.26. The first-order valence-corrected chi connectivity index (χ1v) is 7.01. The van der Waals surface area contributed by atoms with Crippen LogP contribution in [0.4, 0.5) is 0 Å². The Hall–Kier alpha value is -0.650. The van der Waals surface area contributed by atoms with E-state index in [9.17, 15) is 4.79 Å². The average molecular weight is 289 g/mol. The van der Waals surface area contributed by atoms with E-state index >= 15 is 0 Å². The predicted molar refractivity (Wildman–Crippen MR) is 74.8 cm³/mol. The van der Waals surface area contributed by atoms with Gasteiger partial charge in [0.2, 0.25) is 0 Å². The molecular weight excluding hydrogens is 276 g/mol. The molecule has 1 fully saturated rings. The van der Waals surface area contributed by atoms with Gasteiger partial charge in [-0.3, -0.25) is 4.79 Å². The van der Waals surface area contributed by atoms with E-state index in [1.165, 1.54) is 11.3 Å². The summed E-state index contributed by atoms with van der Waals surface area (Å²) in [6.45, 7) is 0.